The van der Waals surface area contributed by atoms with Crippen molar-refractivity contribution in [3.05, 3.63) is 360 Å². The second-order valence-electron chi connectivity index (χ2n) is 18.6. The Morgan fingerprint density at radius 2 is 0.487 bits per heavy atom. The van der Waals surface area contributed by atoms with Crippen LogP contribution in [0.5, 0.6) is 11.5 Å². The molecule has 0 unspecified atom stereocenters. The summed E-state index contributed by atoms with van der Waals surface area (Å²) in [7, 11) is 7.83. The third kappa shape index (κ3) is 11.3. The third-order valence-electron chi connectivity index (χ3n) is 14.2. The van der Waals surface area contributed by atoms with E-state index in [1.54, 1.807) is 14.2 Å². The zero-order valence-electron chi connectivity index (χ0n) is 42.8. The maximum atomic E-state index is 6.35. The van der Waals surface area contributed by atoms with Crippen molar-refractivity contribution in [1.29, 1.82) is 0 Å². The summed E-state index contributed by atoms with van der Waals surface area (Å²) in [5, 5.41) is 0. The van der Waals surface area contributed by atoms with Gasteiger partial charge in [0.1, 0.15) is 11.5 Å². The molecule has 0 aliphatic carbocycles. The van der Waals surface area contributed by atoms with Gasteiger partial charge in [-0.15, -0.1) is 6.67 Å². The van der Waals surface area contributed by atoms with Crippen LogP contribution in [0.25, 0.3) is 0 Å². The first-order valence-electron chi connectivity index (χ1n) is 25.2. The van der Waals surface area contributed by atoms with E-state index in [0.29, 0.717) is 0 Å². The van der Waals surface area contributed by atoms with E-state index in [9.17, 15) is 0 Å². The fraction of sp³-hybridized carbons (Fsp3) is 0.0857. The van der Waals surface area contributed by atoms with E-state index in [-0.39, 0.29) is 31.1 Å². The van der Waals surface area contributed by atoms with Gasteiger partial charge in [0.05, 0.1) is 14.2 Å². The van der Waals surface area contributed by atoms with E-state index in [0.717, 1.165) is 45.1 Å². The minimum absolute atomic E-state index is 0. The molecule has 381 valence electrons. The predicted octanol–water partition coefficient (Wildman–Crippen LogP) is 17.5. The van der Waals surface area contributed by atoms with Gasteiger partial charge in [-0.2, -0.15) is 0 Å². The van der Waals surface area contributed by atoms with Crippen LogP contribution in [0.4, 0.5) is 11.4 Å². The first-order valence-corrected chi connectivity index (χ1v) is 26.6. The van der Waals surface area contributed by atoms with Gasteiger partial charge in [-0.1, -0.05) is 243 Å². The van der Waals surface area contributed by atoms with Gasteiger partial charge in [-0.3, -0.25) is 0 Å². The molecule has 0 amide bonds. The number of hydrogen-bond acceptors (Lipinski definition) is 4. The van der Waals surface area contributed by atoms with Crippen molar-refractivity contribution in [2.75, 3.05) is 24.0 Å². The molecule has 6 heteroatoms. The zero-order chi connectivity index (χ0) is 51.3. The molecular weight excluding hydrogens is 995 g/mol. The Morgan fingerprint density at radius 1 is 0.316 bits per heavy atom. The van der Waals surface area contributed by atoms with Crippen molar-refractivity contribution >= 4 is 21.6 Å². The average molecular weight is 1060 g/mol. The molecule has 0 bridgehead atoms. The molecule has 76 heavy (non-hydrogen) atoms. The first kappa shape index (κ1) is 52.8. The van der Waals surface area contributed by atoms with Gasteiger partial charge in [0.25, 0.3) is 0 Å². The fourth-order valence-corrected chi connectivity index (χ4v) is 11.0. The summed E-state index contributed by atoms with van der Waals surface area (Å²) >= 11 is 3.35. The molecule has 0 atom stereocenters. The van der Waals surface area contributed by atoms with Crippen LogP contribution in [0.1, 0.15) is 90.4 Å². The van der Waals surface area contributed by atoms with Crippen molar-refractivity contribution in [1.82, 2.24) is 0 Å². The van der Waals surface area contributed by atoms with Crippen LogP contribution in [0, 0.1) is 14.1 Å². The van der Waals surface area contributed by atoms with E-state index in [2.05, 4.69) is 321 Å². The monoisotopic (exact) mass is 1050 g/mol. The Bertz CT molecular complexity index is 2810. The molecule has 1 heterocycles. The zero-order valence-corrected chi connectivity index (χ0v) is 44.6. The van der Waals surface area contributed by atoms with Crippen molar-refractivity contribution in [2.45, 2.75) is 23.7 Å². The van der Waals surface area contributed by atoms with E-state index < -0.39 is 0 Å². The number of methoxy groups -OCH3 is 2. The molecule has 1 aliphatic heterocycles. The molecular formula is C70H60ClN2NiO2-2. The van der Waals surface area contributed by atoms with Gasteiger partial charge >= 0.3 is 24.8 Å². The van der Waals surface area contributed by atoms with Crippen LogP contribution in [-0.2, 0) is 14.6 Å². The second-order valence-corrected chi connectivity index (χ2v) is 18.6. The Hall–Kier alpha value is -8.08. The van der Waals surface area contributed by atoms with Crippen molar-refractivity contribution < 1.29 is 24.0 Å². The number of nitrogens with zero attached hydrogens (tertiary/aromatic N) is 2. The Kier molecular flexibility index (Phi) is 17.7. The van der Waals surface area contributed by atoms with Gasteiger partial charge in [-0.05, 0) is 103 Å². The first-order chi connectivity index (χ1) is 37.2. The van der Waals surface area contributed by atoms with Crippen LogP contribution in [0.15, 0.2) is 279 Å². The summed E-state index contributed by atoms with van der Waals surface area (Å²) in [6, 6.07) is 96.1. The van der Waals surface area contributed by atoms with Crippen molar-refractivity contribution in [2.24, 2.45) is 0 Å². The number of anilines is 2. The third-order valence-corrected chi connectivity index (χ3v) is 14.2. The quantitative estimate of drug-likeness (QED) is 0.0547. The molecule has 1 aliphatic rings. The van der Waals surface area contributed by atoms with Crippen LogP contribution in [-0.4, -0.2) is 14.2 Å². The second kappa shape index (κ2) is 25.4. The topological polar surface area (TPSA) is 24.9 Å². The van der Waals surface area contributed by atoms with E-state index in [4.69, 9.17) is 9.47 Å². The van der Waals surface area contributed by atoms with Gasteiger partial charge in [0.2, 0.25) is 0 Å². The minimum atomic E-state index is -0.150. The number of hydrogen-bond donors (Lipinski definition) is 0. The van der Waals surface area contributed by atoms with E-state index in [1.165, 1.54) is 44.5 Å². The average Bonchev–Trinajstić information content (AvgIpc) is 3.98. The summed E-state index contributed by atoms with van der Waals surface area (Å²) in [5.41, 5.74) is 16.2. The molecule has 0 N–H and O–H groups in total. The van der Waals surface area contributed by atoms with Crippen molar-refractivity contribution in [3.8, 4) is 11.5 Å². The summed E-state index contributed by atoms with van der Waals surface area (Å²) in [6.07, 6.45) is 4.49. The van der Waals surface area contributed by atoms with Gasteiger partial charge in [-0.25, -0.2) is 0 Å². The molecule has 0 spiro atoms. The molecule has 4 nitrogen and oxygen atoms in total. The van der Waals surface area contributed by atoms with Crippen LogP contribution in [0.3, 0.4) is 0 Å². The number of ether oxygens (including phenoxy) is 2. The van der Waals surface area contributed by atoms with Gasteiger partial charge in [0.15, 0.2) is 0 Å². The normalized spacial score (nSPS) is 11.9. The molecule has 10 aromatic carbocycles. The summed E-state index contributed by atoms with van der Waals surface area (Å²) in [4.78, 5) is 4.72. The van der Waals surface area contributed by atoms with Crippen LogP contribution in [0.2, 0.25) is 0 Å². The number of rotatable bonds is 16. The molecule has 11 rings (SSSR count). The summed E-state index contributed by atoms with van der Waals surface area (Å²) < 4.78 is 12.7. The molecule has 0 saturated heterocycles. The SMILES string of the molecule is COc1cc(C(c2ccccc2)c2ccccc2)c(N2C=CN(c3c(C(c4ccccc4)c4ccccc4)cc(OC)cc3C(c3ccccc3)c3ccccc3)[CH-]2)c(C(c2ccccc2)c2ccccc2)c1.[CH3-].[Cl][Ni]. The molecule has 0 aromatic heterocycles. The standard InChI is InChI=1S/C69H57N2O2.CH3.ClH.Ni/c1-72-58-45-60(64(50-27-11-3-12-28-50)51-29-13-4-14-30-51)68(61(46-58)65(52-31-15-5-16-32-52)53-33-17-6-18-34-53)70-43-44-71(49-70)69-62(66(54-35-19-7-20-36-54)55-37-21-8-22-38-55)47-59(73-2)48-63(69)67(56-39-23-9-24-40-56)57-41-25-10-26-42-57;;;/h3-49,64-67H,1-2H3;1H3;1H;/q2*-1;;+1/p-1. The molecule has 0 radical (unpaired) electrons. The number of benzene rings is 10. The Labute approximate surface area is 462 Å². The molecule has 0 fully saturated rings. The molecule has 10 aromatic rings. The fourth-order valence-electron chi connectivity index (χ4n) is 11.0. The summed E-state index contributed by atoms with van der Waals surface area (Å²) in [5.74, 6) is 0.990. The maximum absolute atomic E-state index is 6.35. The van der Waals surface area contributed by atoms with Gasteiger partial charge < -0.3 is 26.7 Å². The number of halogens is 1. The van der Waals surface area contributed by atoms with Crippen LogP contribution < -0.4 is 19.3 Å². The van der Waals surface area contributed by atoms with Crippen molar-refractivity contribution in [3.63, 3.8) is 0 Å². The Balaban J connectivity index is 0.00000233. The van der Waals surface area contributed by atoms with E-state index >= 15 is 0 Å². The Morgan fingerprint density at radius 3 is 0.645 bits per heavy atom. The van der Waals surface area contributed by atoms with E-state index in [1.807, 2.05) is 0 Å². The molecule has 0 saturated carbocycles. The predicted molar refractivity (Wildman–Crippen MR) is 312 cm³/mol. The van der Waals surface area contributed by atoms with Gasteiger partial charge in [0, 0.05) is 35.0 Å². The summed E-state index contributed by atoms with van der Waals surface area (Å²) in [6.45, 7) is 2.30. The van der Waals surface area contributed by atoms with Crippen LogP contribution >= 0.6 is 10.2 Å².